The summed E-state index contributed by atoms with van der Waals surface area (Å²) < 4.78 is 2.02. The smallest absolute Gasteiger partial charge is 0.235 e. The Labute approximate surface area is 168 Å². The Morgan fingerprint density at radius 1 is 1.30 bits per heavy atom. The highest BCUT2D eigenvalue weighted by atomic mass is 32.2. The Balaban J connectivity index is 1.70. The van der Waals surface area contributed by atoms with Crippen molar-refractivity contribution < 1.29 is 4.79 Å². The minimum absolute atomic E-state index is 0.110. The van der Waals surface area contributed by atoms with E-state index in [1.54, 1.807) is 11.3 Å². The maximum atomic E-state index is 12.5. The van der Waals surface area contributed by atoms with E-state index in [1.165, 1.54) is 29.5 Å². The molecule has 1 amide bonds. The molecule has 0 spiro atoms. The first-order valence-electron chi connectivity index (χ1n) is 9.40. The van der Waals surface area contributed by atoms with Crippen LogP contribution in [0.2, 0.25) is 0 Å². The first-order valence-corrected chi connectivity index (χ1v) is 11.2. The fourth-order valence-electron chi connectivity index (χ4n) is 3.46. The van der Waals surface area contributed by atoms with Gasteiger partial charge in [-0.05, 0) is 52.0 Å². The lowest BCUT2D eigenvalue weighted by molar-refractivity contribution is -0.113. The molecule has 0 radical (unpaired) electrons. The molecule has 0 saturated carbocycles. The van der Waals surface area contributed by atoms with Gasteiger partial charge in [0.25, 0.3) is 0 Å². The third-order valence-corrected chi connectivity index (χ3v) is 6.87. The number of thioether (sulfide) groups is 1. The van der Waals surface area contributed by atoms with Crippen molar-refractivity contribution in [3.05, 3.63) is 21.8 Å². The molecule has 0 unspecified atom stereocenters. The molecule has 0 atom stereocenters. The standard InChI is InChI=1S/C19H25N5OS2/c1-12(2)24-13(3)22-23-19(24)26-11-17(25)21-18-15(10-20)14-8-6-4-5-7-9-16(14)27-18/h12H,4-9,11H2,1-3H3,(H,21,25). The molecule has 1 aliphatic carbocycles. The number of fused-ring (bicyclic) bond motifs is 1. The van der Waals surface area contributed by atoms with Crippen molar-refractivity contribution in [2.75, 3.05) is 11.1 Å². The lowest BCUT2D eigenvalue weighted by Crippen LogP contribution is -2.15. The molecule has 8 heteroatoms. The molecule has 0 fully saturated rings. The molecular weight excluding hydrogens is 378 g/mol. The van der Waals surface area contributed by atoms with Crippen molar-refractivity contribution in [1.29, 1.82) is 5.26 Å². The minimum atomic E-state index is -0.110. The number of amides is 1. The molecule has 0 bridgehead atoms. The summed E-state index contributed by atoms with van der Waals surface area (Å²) in [5.41, 5.74) is 1.82. The van der Waals surface area contributed by atoms with Gasteiger partial charge in [0.15, 0.2) is 5.16 Å². The van der Waals surface area contributed by atoms with Gasteiger partial charge in [-0.15, -0.1) is 21.5 Å². The number of hydrogen-bond acceptors (Lipinski definition) is 6. The van der Waals surface area contributed by atoms with Crippen molar-refractivity contribution in [2.24, 2.45) is 0 Å². The molecule has 2 aromatic heterocycles. The summed E-state index contributed by atoms with van der Waals surface area (Å²) in [5.74, 6) is 0.984. The van der Waals surface area contributed by atoms with Gasteiger partial charge >= 0.3 is 0 Å². The van der Waals surface area contributed by atoms with Crippen molar-refractivity contribution in [1.82, 2.24) is 14.8 Å². The lowest BCUT2D eigenvalue weighted by Gasteiger charge is -2.11. The molecule has 0 saturated heterocycles. The number of hydrogen-bond donors (Lipinski definition) is 1. The van der Waals surface area contributed by atoms with Crippen molar-refractivity contribution in [3.63, 3.8) is 0 Å². The summed E-state index contributed by atoms with van der Waals surface area (Å²) >= 11 is 2.95. The molecule has 0 aromatic carbocycles. The number of aryl methyl sites for hydroxylation is 2. The van der Waals surface area contributed by atoms with E-state index in [4.69, 9.17) is 0 Å². The Morgan fingerprint density at radius 3 is 2.74 bits per heavy atom. The van der Waals surface area contributed by atoms with Crippen LogP contribution in [0.25, 0.3) is 0 Å². The normalized spacial score (nSPS) is 14.3. The number of thiophene rings is 1. The van der Waals surface area contributed by atoms with Gasteiger partial charge in [-0.25, -0.2) is 0 Å². The third kappa shape index (κ3) is 4.53. The van der Waals surface area contributed by atoms with Crippen LogP contribution in [0.5, 0.6) is 0 Å². The Bertz CT molecular complexity index is 862. The van der Waals surface area contributed by atoms with Crippen molar-refractivity contribution >= 4 is 34.0 Å². The highest BCUT2D eigenvalue weighted by Gasteiger charge is 2.21. The zero-order valence-corrected chi connectivity index (χ0v) is 17.7. The lowest BCUT2D eigenvalue weighted by atomic mass is 9.97. The highest BCUT2D eigenvalue weighted by Crippen LogP contribution is 2.36. The van der Waals surface area contributed by atoms with E-state index >= 15 is 0 Å². The molecule has 27 heavy (non-hydrogen) atoms. The van der Waals surface area contributed by atoms with E-state index in [2.05, 4.69) is 35.4 Å². The number of aromatic nitrogens is 3. The molecular formula is C19H25N5OS2. The largest absolute Gasteiger partial charge is 0.316 e. The third-order valence-electron chi connectivity index (χ3n) is 4.72. The average Bonchev–Trinajstić information content (AvgIpc) is 3.13. The average molecular weight is 404 g/mol. The number of carbonyl (C=O) groups excluding carboxylic acids is 1. The summed E-state index contributed by atoms with van der Waals surface area (Å²) in [6, 6.07) is 2.56. The summed E-state index contributed by atoms with van der Waals surface area (Å²) in [7, 11) is 0. The molecule has 1 N–H and O–H groups in total. The van der Waals surface area contributed by atoms with E-state index < -0.39 is 0 Å². The summed E-state index contributed by atoms with van der Waals surface area (Å²) in [5, 5.41) is 22.3. The molecule has 0 aliphatic heterocycles. The zero-order chi connectivity index (χ0) is 19.4. The number of nitrogens with zero attached hydrogens (tertiary/aromatic N) is 4. The number of rotatable bonds is 5. The summed E-state index contributed by atoms with van der Waals surface area (Å²) in [4.78, 5) is 13.8. The summed E-state index contributed by atoms with van der Waals surface area (Å²) in [6.07, 6.45) is 6.69. The van der Waals surface area contributed by atoms with E-state index in [0.717, 1.165) is 42.2 Å². The number of carbonyl (C=O) groups is 1. The fraction of sp³-hybridized carbons (Fsp3) is 0.579. The van der Waals surface area contributed by atoms with Gasteiger partial charge in [-0.3, -0.25) is 4.79 Å². The van der Waals surface area contributed by atoms with Gasteiger partial charge in [0.2, 0.25) is 5.91 Å². The molecule has 2 heterocycles. The minimum Gasteiger partial charge on any atom is -0.316 e. The van der Waals surface area contributed by atoms with Crippen molar-refractivity contribution in [3.8, 4) is 6.07 Å². The maximum absolute atomic E-state index is 12.5. The van der Waals surface area contributed by atoms with Gasteiger partial charge in [0.1, 0.15) is 16.9 Å². The van der Waals surface area contributed by atoms with Crippen LogP contribution in [0.15, 0.2) is 5.16 Å². The number of nitriles is 1. The number of anilines is 1. The van der Waals surface area contributed by atoms with Crippen LogP contribution in [0, 0.1) is 18.3 Å². The predicted molar refractivity (Wildman–Crippen MR) is 109 cm³/mol. The molecule has 6 nitrogen and oxygen atoms in total. The second-order valence-corrected chi connectivity index (χ2v) is 9.11. The molecule has 2 aromatic rings. The van der Waals surface area contributed by atoms with Crippen LogP contribution < -0.4 is 5.32 Å². The Morgan fingerprint density at radius 2 is 2.04 bits per heavy atom. The van der Waals surface area contributed by atoms with Gasteiger partial charge < -0.3 is 9.88 Å². The monoisotopic (exact) mass is 403 g/mol. The van der Waals surface area contributed by atoms with Gasteiger partial charge in [0, 0.05) is 10.9 Å². The van der Waals surface area contributed by atoms with Gasteiger partial charge in [0.05, 0.1) is 11.3 Å². The van der Waals surface area contributed by atoms with Crippen LogP contribution in [-0.2, 0) is 17.6 Å². The first kappa shape index (κ1) is 19.9. The van der Waals surface area contributed by atoms with E-state index in [9.17, 15) is 10.1 Å². The van der Waals surface area contributed by atoms with Crippen LogP contribution >= 0.6 is 23.1 Å². The predicted octanol–water partition coefficient (Wildman–Crippen LogP) is 4.49. The zero-order valence-electron chi connectivity index (χ0n) is 16.0. The van der Waals surface area contributed by atoms with Gasteiger partial charge in [-0.1, -0.05) is 24.6 Å². The van der Waals surface area contributed by atoms with E-state index in [-0.39, 0.29) is 17.7 Å². The maximum Gasteiger partial charge on any atom is 0.235 e. The van der Waals surface area contributed by atoms with Crippen LogP contribution in [0.3, 0.4) is 0 Å². The SMILES string of the molecule is Cc1nnc(SCC(=O)Nc2sc3c(c2C#N)CCCCCC3)n1C(C)C. The van der Waals surface area contributed by atoms with E-state index in [1.807, 2.05) is 11.5 Å². The molecule has 3 rings (SSSR count). The Kier molecular flexibility index (Phi) is 6.55. The van der Waals surface area contributed by atoms with Crippen LogP contribution in [0.4, 0.5) is 5.00 Å². The highest BCUT2D eigenvalue weighted by molar-refractivity contribution is 7.99. The topological polar surface area (TPSA) is 83.6 Å². The second kappa shape index (κ2) is 8.89. The van der Waals surface area contributed by atoms with Crippen LogP contribution in [0.1, 0.15) is 67.4 Å². The first-order chi connectivity index (χ1) is 13.0. The second-order valence-electron chi connectivity index (χ2n) is 7.06. The quantitative estimate of drug-likeness (QED) is 0.744. The fourth-order valence-corrected chi connectivity index (χ4v) is 5.63. The molecule has 144 valence electrons. The van der Waals surface area contributed by atoms with Crippen LogP contribution in [-0.4, -0.2) is 26.4 Å². The number of nitrogens with one attached hydrogen (secondary N) is 1. The Hall–Kier alpha value is -1.85. The van der Waals surface area contributed by atoms with E-state index in [0.29, 0.717) is 10.6 Å². The summed E-state index contributed by atoms with van der Waals surface area (Å²) in [6.45, 7) is 6.06. The van der Waals surface area contributed by atoms with Crippen molar-refractivity contribution in [2.45, 2.75) is 70.5 Å². The molecule has 1 aliphatic rings. The van der Waals surface area contributed by atoms with Gasteiger partial charge in [-0.2, -0.15) is 5.26 Å².